The fourth-order valence-electron chi connectivity index (χ4n) is 1.86. The maximum absolute atomic E-state index is 10.3. The van der Waals surface area contributed by atoms with Gasteiger partial charge in [0.05, 0.1) is 6.54 Å². The van der Waals surface area contributed by atoms with Gasteiger partial charge in [0, 0.05) is 32.2 Å². The van der Waals surface area contributed by atoms with Gasteiger partial charge in [-0.2, -0.15) is 0 Å². The van der Waals surface area contributed by atoms with E-state index in [1.165, 1.54) is 0 Å². The topological polar surface area (TPSA) is 26.8 Å². The van der Waals surface area contributed by atoms with Gasteiger partial charge in [-0.3, -0.25) is 9.80 Å². The molecule has 0 aromatic carbocycles. The zero-order chi connectivity index (χ0) is 10.6. The van der Waals surface area contributed by atoms with Crippen molar-refractivity contribution >= 4 is 6.29 Å². The lowest BCUT2D eigenvalue weighted by Crippen LogP contribution is -2.54. The molecule has 1 unspecified atom stereocenters. The molecule has 0 aromatic rings. The minimum Gasteiger partial charge on any atom is -0.303 e. The first kappa shape index (κ1) is 11.6. The van der Waals surface area contributed by atoms with Gasteiger partial charge in [-0.1, -0.05) is 0 Å². The first-order chi connectivity index (χ1) is 6.63. The van der Waals surface area contributed by atoms with Crippen molar-refractivity contribution < 1.29 is 4.79 Å². The molecule has 4 heteroatoms. The third kappa shape index (κ3) is 3.36. The Morgan fingerprint density at radius 3 is 2.79 bits per heavy atom. The fourth-order valence-corrected chi connectivity index (χ4v) is 1.86. The molecule has 0 saturated carbocycles. The first-order valence-electron chi connectivity index (χ1n) is 5.14. The monoisotopic (exact) mass is 199 g/mol. The standard InChI is InChI=1S/C10H21N3O/c1-11-4-5-13(3)10(8-11)9-12(2)6-7-14/h7,10H,4-6,8-9H2,1-3H3. The number of likely N-dealkylation sites (N-methyl/N-ethyl adjacent to an activating group) is 3. The number of hydrogen-bond donors (Lipinski definition) is 0. The Hall–Kier alpha value is -0.450. The zero-order valence-electron chi connectivity index (χ0n) is 9.44. The Morgan fingerprint density at radius 1 is 1.43 bits per heavy atom. The Bertz CT molecular complexity index is 186. The number of hydrogen-bond acceptors (Lipinski definition) is 4. The van der Waals surface area contributed by atoms with Crippen molar-refractivity contribution in [3.05, 3.63) is 0 Å². The lowest BCUT2D eigenvalue weighted by atomic mass is 10.2. The summed E-state index contributed by atoms with van der Waals surface area (Å²) in [5.41, 5.74) is 0. The van der Waals surface area contributed by atoms with Crippen LogP contribution in [0, 0.1) is 0 Å². The van der Waals surface area contributed by atoms with E-state index in [4.69, 9.17) is 0 Å². The van der Waals surface area contributed by atoms with Gasteiger partial charge in [0.2, 0.25) is 0 Å². The van der Waals surface area contributed by atoms with Crippen LogP contribution < -0.4 is 0 Å². The zero-order valence-corrected chi connectivity index (χ0v) is 9.44. The fraction of sp³-hybridized carbons (Fsp3) is 0.900. The average molecular weight is 199 g/mol. The van der Waals surface area contributed by atoms with Crippen LogP contribution in [0.1, 0.15) is 0 Å². The van der Waals surface area contributed by atoms with Gasteiger partial charge in [0.25, 0.3) is 0 Å². The van der Waals surface area contributed by atoms with E-state index in [1.807, 2.05) is 7.05 Å². The van der Waals surface area contributed by atoms with Crippen LogP contribution in [0.5, 0.6) is 0 Å². The number of piperazine rings is 1. The van der Waals surface area contributed by atoms with Crippen molar-refractivity contribution in [3.8, 4) is 0 Å². The molecule has 0 N–H and O–H groups in total. The van der Waals surface area contributed by atoms with E-state index in [-0.39, 0.29) is 0 Å². The van der Waals surface area contributed by atoms with Crippen molar-refractivity contribution in [1.82, 2.24) is 14.7 Å². The molecule has 14 heavy (non-hydrogen) atoms. The molecule has 0 aromatic heterocycles. The maximum atomic E-state index is 10.3. The van der Waals surface area contributed by atoms with E-state index in [1.54, 1.807) is 0 Å². The number of rotatable bonds is 4. The molecular weight excluding hydrogens is 178 g/mol. The first-order valence-corrected chi connectivity index (χ1v) is 5.14. The minimum atomic E-state index is 0.536. The summed E-state index contributed by atoms with van der Waals surface area (Å²) in [6.07, 6.45) is 0.965. The van der Waals surface area contributed by atoms with Gasteiger partial charge >= 0.3 is 0 Å². The minimum absolute atomic E-state index is 0.536. The molecule has 1 rings (SSSR count). The van der Waals surface area contributed by atoms with E-state index >= 15 is 0 Å². The van der Waals surface area contributed by atoms with Crippen molar-refractivity contribution in [3.63, 3.8) is 0 Å². The van der Waals surface area contributed by atoms with Crippen LogP contribution >= 0.6 is 0 Å². The predicted octanol–water partition coefficient (Wildman–Crippen LogP) is -0.637. The molecular formula is C10H21N3O. The highest BCUT2D eigenvalue weighted by Crippen LogP contribution is 2.06. The third-order valence-corrected chi connectivity index (χ3v) is 2.89. The van der Waals surface area contributed by atoms with Gasteiger partial charge in [-0.25, -0.2) is 0 Å². The number of carbonyl (C=O) groups excluding carboxylic acids is 1. The van der Waals surface area contributed by atoms with Crippen LogP contribution in [0.3, 0.4) is 0 Å². The summed E-state index contributed by atoms with van der Waals surface area (Å²) in [5.74, 6) is 0. The second-order valence-corrected chi connectivity index (χ2v) is 4.28. The molecule has 1 atom stereocenters. The van der Waals surface area contributed by atoms with Crippen LogP contribution in [0.15, 0.2) is 0 Å². The SMILES string of the molecule is CN(CC=O)CC1CN(C)CCN1C. The molecule has 0 radical (unpaired) electrons. The molecule has 0 amide bonds. The number of nitrogens with zero attached hydrogens (tertiary/aromatic N) is 3. The van der Waals surface area contributed by atoms with Gasteiger partial charge in [0.15, 0.2) is 0 Å². The lowest BCUT2D eigenvalue weighted by Gasteiger charge is -2.39. The molecule has 0 aliphatic carbocycles. The molecule has 0 spiro atoms. The van der Waals surface area contributed by atoms with Gasteiger partial charge in [-0.15, -0.1) is 0 Å². The van der Waals surface area contributed by atoms with Gasteiger partial charge in [-0.05, 0) is 21.1 Å². The van der Waals surface area contributed by atoms with E-state index in [0.29, 0.717) is 12.6 Å². The molecule has 1 heterocycles. The highest BCUT2D eigenvalue weighted by atomic mass is 16.1. The highest BCUT2D eigenvalue weighted by molar-refractivity contribution is 5.51. The molecule has 1 fully saturated rings. The second kappa shape index (κ2) is 5.44. The smallest absolute Gasteiger partial charge is 0.133 e. The third-order valence-electron chi connectivity index (χ3n) is 2.89. The molecule has 0 bridgehead atoms. The predicted molar refractivity (Wildman–Crippen MR) is 57.5 cm³/mol. The molecule has 1 aliphatic heterocycles. The summed E-state index contributed by atoms with van der Waals surface area (Å²) in [4.78, 5) is 17.1. The summed E-state index contributed by atoms with van der Waals surface area (Å²) < 4.78 is 0. The molecule has 1 aliphatic rings. The molecule has 4 nitrogen and oxygen atoms in total. The average Bonchev–Trinajstić information content (AvgIpc) is 2.12. The Morgan fingerprint density at radius 2 is 2.14 bits per heavy atom. The highest BCUT2D eigenvalue weighted by Gasteiger charge is 2.22. The Kier molecular flexibility index (Phi) is 4.51. The van der Waals surface area contributed by atoms with E-state index in [9.17, 15) is 4.79 Å². The summed E-state index contributed by atoms with van der Waals surface area (Å²) in [5, 5.41) is 0. The summed E-state index contributed by atoms with van der Waals surface area (Å²) >= 11 is 0. The van der Waals surface area contributed by atoms with Crippen molar-refractivity contribution in [2.24, 2.45) is 0 Å². The van der Waals surface area contributed by atoms with E-state index in [0.717, 1.165) is 32.5 Å². The van der Waals surface area contributed by atoms with Crippen LogP contribution in [-0.2, 0) is 4.79 Å². The number of aldehydes is 1. The normalized spacial score (nSPS) is 25.6. The van der Waals surface area contributed by atoms with Crippen LogP contribution in [-0.4, -0.2) is 80.9 Å². The van der Waals surface area contributed by atoms with Crippen molar-refractivity contribution in [1.29, 1.82) is 0 Å². The van der Waals surface area contributed by atoms with E-state index < -0.39 is 0 Å². The van der Waals surface area contributed by atoms with Gasteiger partial charge in [0.1, 0.15) is 6.29 Å². The summed E-state index contributed by atoms with van der Waals surface area (Å²) in [6, 6.07) is 0.554. The van der Waals surface area contributed by atoms with Gasteiger partial charge < -0.3 is 9.69 Å². The Labute approximate surface area is 86.5 Å². The quantitative estimate of drug-likeness (QED) is 0.563. The summed E-state index contributed by atoms with van der Waals surface area (Å²) in [6.45, 7) is 4.87. The van der Waals surface area contributed by atoms with Crippen LogP contribution in [0.4, 0.5) is 0 Å². The van der Waals surface area contributed by atoms with Crippen LogP contribution in [0.25, 0.3) is 0 Å². The number of carbonyl (C=O) groups is 1. The van der Waals surface area contributed by atoms with E-state index in [2.05, 4.69) is 28.8 Å². The second-order valence-electron chi connectivity index (χ2n) is 4.28. The lowest BCUT2D eigenvalue weighted by molar-refractivity contribution is -0.108. The Balaban J connectivity index is 2.36. The van der Waals surface area contributed by atoms with Crippen LogP contribution in [0.2, 0.25) is 0 Å². The summed E-state index contributed by atoms with van der Waals surface area (Å²) in [7, 11) is 6.31. The van der Waals surface area contributed by atoms with Crippen molar-refractivity contribution in [2.75, 3.05) is 53.9 Å². The maximum Gasteiger partial charge on any atom is 0.133 e. The molecule has 82 valence electrons. The van der Waals surface area contributed by atoms with Crippen molar-refractivity contribution in [2.45, 2.75) is 6.04 Å². The molecule has 1 saturated heterocycles. The largest absolute Gasteiger partial charge is 0.303 e.